The van der Waals surface area contributed by atoms with Crippen LogP contribution >= 0.6 is 0 Å². The van der Waals surface area contributed by atoms with Crippen LogP contribution in [0.5, 0.6) is 5.75 Å². The molecule has 0 bridgehead atoms. The van der Waals surface area contributed by atoms with Crippen LogP contribution in [0.25, 0.3) is 0 Å². The highest BCUT2D eigenvalue weighted by molar-refractivity contribution is 5.71. The summed E-state index contributed by atoms with van der Waals surface area (Å²) in [4.78, 5) is 11.1. The Labute approximate surface area is 162 Å². The lowest BCUT2D eigenvalue weighted by atomic mass is 10.2. The van der Waals surface area contributed by atoms with Gasteiger partial charge in [0.1, 0.15) is 37.0 Å². The van der Waals surface area contributed by atoms with Crippen molar-refractivity contribution in [1.82, 2.24) is 0 Å². The van der Waals surface area contributed by atoms with Crippen molar-refractivity contribution in [1.29, 1.82) is 0 Å². The number of carbonyl (C=O) groups excluding carboxylic acids is 1. The zero-order valence-corrected chi connectivity index (χ0v) is 15.0. The fourth-order valence-electron chi connectivity index (χ4n) is 2.09. The van der Waals surface area contributed by atoms with E-state index in [1.807, 2.05) is 0 Å². The highest BCUT2D eigenvalue weighted by Gasteiger charge is 2.25. The summed E-state index contributed by atoms with van der Waals surface area (Å²) in [6.45, 7) is 0.0809. The molecule has 2 N–H and O–H groups in total. The molecule has 0 radical (unpaired) electrons. The summed E-state index contributed by atoms with van der Waals surface area (Å²) >= 11 is 0. The van der Waals surface area contributed by atoms with Gasteiger partial charge in [-0.3, -0.25) is 0 Å². The first-order valence-corrected chi connectivity index (χ1v) is 8.57. The van der Waals surface area contributed by atoms with Crippen LogP contribution in [0, 0.1) is 17.7 Å². The van der Waals surface area contributed by atoms with Crippen LogP contribution in [0.4, 0.5) is 4.39 Å². The molecule has 1 aliphatic rings. The van der Waals surface area contributed by atoms with Crippen molar-refractivity contribution in [2.75, 3.05) is 19.8 Å². The molecule has 6 nitrogen and oxygen atoms in total. The lowest BCUT2D eigenvalue weighted by molar-refractivity contribution is -0.177. The van der Waals surface area contributed by atoms with Crippen LogP contribution in [-0.4, -0.2) is 54.3 Å². The number of ether oxygens (including phenoxy) is 3. The lowest BCUT2D eigenvalue weighted by Gasteiger charge is -2.24. The maximum atomic E-state index is 12.8. The van der Waals surface area contributed by atoms with E-state index >= 15 is 0 Å². The molecule has 3 atom stereocenters. The summed E-state index contributed by atoms with van der Waals surface area (Å²) in [6.07, 6.45) is 6.66. The Hall–Kier alpha value is -2.92. The van der Waals surface area contributed by atoms with E-state index < -0.39 is 24.3 Å². The maximum Gasteiger partial charge on any atom is 0.332 e. The molecule has 2 rings (SSSR count). The summed E-state index contributed by atoms with van der Waals surface area (Å²) in [5.74, 6) is 5.05. The summed E-state index contributed by atoms with van der Waals surface area (Å²) in [5, 5.41) is 19.6. The van der Waals surface area contributed by atoms with Crippen molar-refractivity contribution in [2.24, 2.45) is 0 Å². The second kappa shape index (κ2) is 11.7. The zero-order chi connectivity index (χ0) is 20.2. The highest BCUT2D eigenvalue weighted by atomic mass is 19.1. The molecule has 0 saturated carbocycles. The molecule has 0 aromatic heterocycles. The average Bonchev–Trinajstić information content (AvgIpc) is 2.69. The van der Waals surface area contributed by atoms with Crippen molar-refractivity contribution < 1.29 is 33.6 Å². The Balaban J connectivity index is 1.66. The van der Waals surface area contributed by atoms with E-state index in [9.17, 15) is 19.4 Å². The molecular formula is C21H21FO6. The molecule has 148 valence electrons. The zero-order valence-electron chi connectivity index (χ0n) is 15.0. The molecule has 1 aromatic carbocycles. The Kier molecular flexibility index (Phi) is 8.95. The Morgan fingerprint density at radius 1 is 1.18 bits per heavy atom. The second-order valence-electron chi connectivity index (χ2n) is 5.76. The van der Waals surface area contributed by atoms with Crippen LogP contribution in [0.3, 0.4) is 0 Å². The fraction of sp³-hybridized carbons (Fsp3) is 0.286. The predicted molar refractivity (Wildman–Crippen MR) is 99.8 cm³/mol. The van der Waals surface area contributed by atoms with Gasteiger partial charge in [-0.1, -0.05) is 30.1 Å². The number of halogens is 1. The van der Waals surface area contributed by atoms with Crippen molar-refractivity contribution in [3.05, 3.63) is 66.5 Å². The lowest BCUT2D eigenvalue weighted by Crippen LogP contribution is -2.40. The van der Waals surface area contributed by atoms with Crippen molar-refractivity contribution in [2.45, 2.75) is 18.3 Å². The minimum atomic E-state index is -0.960. The van der Waals surface area contributed by atoms with Gasteiger partial charge in [0.25, 0.3) is 0 Å². The molecule has 1 fully saturated rings. The van der Waals surface area contributed by atoms with E-state index in [-0.39, 0.29) is 25.6 Å². The van der Waals surface area contributed by atoms with Crippen molar-refractivity contribution in [3.63, 3.8) is 0 Å². The molecule has 28 heavy (non-hydrogen) atoms. The standard InChI is InChI=1S/C21H21FO6/c22-16-9-11-18(12-10-16)27-13-17(23)7-5-3-1-2-4-6-8-19(24)20-14-26-15-21(25)28-20/h2,4-12,17,19-20,23-24H,13-15H2/b4-2+,7-5+,8-6+/t17-,19+,20?/m0/s1. The van der Waals surface area contributed by atoms with E-state index in [4.69, 9.17) is 14.2 Å². The predicted octanol–water partition coefficient (Wildman–Crippen LogP) is 1.54. The van der Waals surface area contributed by atoms with E-state index in [0.717, 1.165) is 0 Å². The number of allylic oxidation sites excluding steroid dienone is 4. The van der Waals surface area contributed by atoms with Gasteiger partial charge in [-0.15, -0.1) is 0 Å². The van der Waals surface area contributed by atoms with Crippen molar-refractivity contribution in [3.8, 4) is 17.6 Å². The van der Waals surface area contributed by atoms with Gasteiger partial charge in [0, 0.05) is 0 Å². The van der Waals surface area contributed by atoms with E-state index in [1.54, 1.807) is 18.2 Å². The molecule has 1 heterocycles. The molecule has 1 saturated heterocycles. The third-order valence-electron chi connectivity index (χ3n) is 3.48. The van der Waals surface area contributed by atoms with Crippen LogP contribution in [0.2, 0.25) is 0 Å². The number of cyclic esters (lactones) is 1. The number of esters is 1. The maximum absolute atomic E-state index is 12.8. The van der Waals surface area contributed by atoms with E-state index in [2.05, 4.69) is 11.8 Å². The molecule has 0 spiro atoms. The number of hydrogen-bond donors (Lipinski definition) is 2. The van der Waals surface area contributed by atoms with Gasteiger partial charge in [-0.2, -0.15) is 0 Å². The van der Waals surface area contributed by atoms with Crippen LogP contribution in [0.1, 0.15) is 0 Å². The largest absolute Gasteiger partial charge is 0.491 e. The third kappa shape index (κ3) is 8.18. The monoisotopic (exact) mass is 388 g/mol. The summed E-state index contributed by atoms with van der Waals surface area (Å²) < 4.78 is 28.0. The SMILES string of the molecule is O=C1COCC([C@H](O)/C=C/C=C/C#C/C=C/[C@H](O)COc2ccc(F)cc2)O1. The number of benzene rings is 1. The fourth-order valence-corrected chi connectivity index (χ4v) is 2.09. The van der Waals surface area contributed by atoms with Gasteiger partial charge in [0.2, 0.25) is 0 Å². The Morgan fingerprint density at radius 2 is 1.93 bits per heavy atom. The summed E-state index contributed by atoms with van der Waals surface area (Å²) in [7, 11) is 0. The molecule has 1 aliphatic heterocycles. The van der Waals surface area contributed by atoms with Crippen molar-refractivity contribution >= 4 is 5.97 Å². The Bertz CT molecular complexity index is 772. The van der Waals surface area contributed by atoms with Crippen LogP contribution < -0.4 is 4.74 Å². The quantitative estimate of drug-likeness (QED) is 0.419. The highest BCUT2D eigenvalue weighted by Crippen LogP contribution is 2.11. The second-order valence-corrected chi connectivity index (χ2v) is 5.76. The first-order chi connectivity index (χ1) is 13.5. The first kappa shape index (κ1) is 21.4. The van der Waals surface area contributed by atoms with Gasteiger partial charge in [0.05, 0.1) is 6.61 Å². The third-order valence-corrected chi connectivity index (χ3v) is 3.48. The smallest absolute Gasteiger partial charge is 0.332 e. The molecule has 1 aromatic rings. The van der Waals surface area contributed by atoms with Crippen LogP contribution in [-0.2, 0) is 14.3 Å². The summed E-state index contributed by atoms with van der Waals surface area (Å²) in [6, 6.07) is 5.51. The number of carbonyl (C=O) groups is 1. The van der Waals surface area contributed by atoms with Gasteiger partial charge in [-0.25, -0.2) is 9.18 Å². The van der Waals surface area contributed by atoms with Gasteiger partial charge < -0.3 is 24.4 Å². The minimum Gasteiger partial charge on any atom is -0.491 e. The number of hydrogen-bond acceptors (Lipinski definition) is 6. The minimum absolute atomic E-state index is 0.0235. The molecule has 0 amide bonds. The number of rotatable bonds is 7. The molecule has 0 aliphatic carbocycles. The van der Waals surface area contributed by atoms with Crippen LogP contribution in [0.15, 0.2) is 60.7 Å². The van der Waals surface area contributed by atoms with Gasteiger partial charge >= 0.3 is 5.97 Å². The normalized spacial score (nSPS) is 19.4. The summed E-state index contributed by atoms with van der Waals surface area (Å²) in [5.41, 5.74) is 0. The molecular weight excluding hydrogens is 367 g/mol. The molecule has 1 unspecified atom stereocenters. The number of aliphatic hydroxyl groups excluding tert-OH is 2. The first-order valence-electron chi connectivity index (χ1n) is 8.57. The van der Waals surface area contributed by atoms with E-state index in [0.29, 0.717) is 5.75 Å². The van der Waals surface area contributed by atoms with E-state index in [1.165, 1.54) is 42.5 Å². The molecule has 7 heteroatoms. The topological polar surface area (TPSA) is 85.2 Å². The average molecular weight is 388 g/mol. The van der Waals surface area contributed by atoms with Gasteiger partial charge in [-0.05, 0) is 42.5 Å². The number of aliphatic hydroxyl groups is 2. The van der Waals surface area contributed by atoms with Gasteiger partial charge in [0.15, 0.2) is 6.10 Å². The Morgan fingerprint density at radius 3 is 2.68 bits per heavy atom.